The van der Waals surface area contributed by atoms with Gasteiger partial charge in [-0.05, 0) is 25.0 Å². The Morgan fingerprint density at radius 2 is 1.78 bits per heavy atom. The summed E-state index contributed by atoms with van der Waals surface area (Å²) >= 11 is 0. The monoisotopic (exact) mass is 116 g/mol. The van der Waals surface area contributed by atoms with E-state index in [-0.39, 0.29) is 0 Å². The van der Waals surface area contributed by atoms with Crippen molar-refractivity contribution in [3.8, 4) is 0 Å². The molecule has 1 rings (SSSR count). The van der Waals surface area contributed by atoms with Crippen molar-refractivity contribution in [2.24, 2.45) is 0 Å². The Bertz CT molecular complexity index is 216. The zero-order chi connectivity index (χ0) is 6.85. The molecule has 1 aromatic carbocycles. The molecule has 2 radical (unpaired) electrons. The number of aryl methyl sites for hydroxylation is 2. The maximum absolute atomic E-state index is 5.53. The van der Waals surface area contributed by atoms with Crippen molar-refractivity contribution in [2.45, 2.75) is 13.8 Å². The van der Waals surface area contributed by atoms with Crippen LogP contribution in [0.1, 0.15) is 11.1 Å². The lowest BCUT2D eigenvalue weighted by atomic mass is 9.93. The molecule has 0 amide bonds. The molecule has 0 aliphatic carbocycles. The van der Waals surface area contributed by atoms with Gasteiger partial charge in [0.1, 0.15) is 7.85 Å². The summed E-state index contributed by atoms with van der Waals surface area (Å²) in [5.74, 6) is 0. The van der Waals surface area contributed by atoms with Gasteiger partial charge in [0.25, 0.3) is 0 Å². The van der Waals surface area contributed by atoms with E-state index in [9.17, 15) is 0 Å². The quantitative estimate of drug-likeness (QED) is 0.445. The molecule has 0 aliphatic heterocycles. The highest BCUT2D eigenvalue weighted by molar-refractivity contribution is 6.32. The molecule has 0 heterocycles. The zero-order valence-electron chi connectivity index (χ0n) is 5.81. The summed E-state index contributed by atoms with van der Waals surface area (Å²) in [6.07, 6.45) is 0. The molecule has 0 saturated carbocycles. The fourth-order valence-electron chi connectivity index (χ4n) is 0.765. The van der Waals surface area contributed by atoms with Crippen molar-refractivity contribution < 1.29 is 0 Å². The molecule has 0 unspecified atom stereocenters. The first kappa shape index (κ1) is 6.41. The van der Waals surface area contributed by atoms with Gasteiger partial charge in [-0.1, -0.05) is 23.7 Å². The van der Waals surface area contributed by atoms with E-state index in [0.29, 0.717) is 0 Å². The summed E-state index contributed by atoms with van der Waals surface area (Å²) in [7, 11) is 5.53. The fraction of sp³-hybridized carbons (Fsp3) is 0.250. The van der Waals surface area contributed by atoms with E-state index >= 15 is 0 Å². The molecule has 0 fully saturated rings. The molecule has 0 bridgehead atoms. The van der Waals surface area contributed by atoms with Crippen LogP contribution in [0.3, 0.4) is 0 Å². The summed E-state index contributed by atoms with van der Waals surface area (Å²) in [6.45, 7) is 4.14. The molecule has 44 valence electrons. The van der Waals surface area contributed by atoms with Crippen LogP contribution in [0.4, 0.5) is 0 Å². The second kappa shape index (κ2) is 2.26. The first-order chi connectivity index (χ1) is 4.20. The summed E-state index contributed by atoms with van der Waals surface area (Å²) < 4.78 is 0. The second-order valence-corrected chi connectivity index (χ2v) is 2.34. The highest BCUT2D eigenvalue weighted by Gasteiger charge is 1.88. The van der Waals surface area contributed by atoms with Crippen molar-refractivity contribution in [1.82, 2.24) is 0 Å². The van der Waals surface area contributed by atoms with Crippen LogP contribution < -0.4 is 5.46 Å². The van der Waals surface area contributed by atoms with Crippen molar-refractivity contribution in [1.29, 1.82) is 0 Å². The van der Waals surface area contributed by atoms with Gasteiger partial charge in [0.2, 0.25) is 0 Å². The molecular weight excluding hydrogens is 107 g/mol. The molecule has 0 N–H and O–H groups in total. The summed E-state index contributed by atoms with van der Waals surface area (Å²) in [5.41, 5.74) is 3.40. The third-order valence-electron chi connectivity index (χ3n) is 1.53. The maximum Gasteiger partial charge on any atom is 0.113 e. The van der Waals surface area contributed by atoms with Gasteiger partial charge in [-0.25, -0.2) is 0 Å². The highest BCUT2D eigenvalue weighted by atomic mass is 13.9. The van der Waals surface area contributed by atoms with Crippen LogP contribution in [0.25, 0.3) is 0 Å². The van der Waals surface area contributed by atoms with Gasteiger partial charge in [0, 0.05) is 0 Å². The first-order valence-electron chi connectivity index (χ1n) is 3.03. The minimum Gasteiger partial charge on any atom is -0.0964 e. The largest absolute Gasteiger partial charge is 0.113 e. The van der Waals surface area contributed by atoms with Crippen LogP contribution in [0, 0.1) is 13.8 Å². The van der Waals surface area contributed by atoms with Gasteiger partial charge >= 0.3 is 0 Å². The molecule has 0 nitrogen and oxygen atoms in total. The lowest BCUT2D eigenvalue weighted by Gasteiger charge is -1.98. The highest BCUT2D eigenvalue weighted by Crippen LogP contribution is 2.01. The average Bonchev–Trinajstić information content (AvgIpc) is 1.80. The number of hydrogen-bond acceptors (Lipinski definition) is 0. The Morgan fingerprint density at radius 3 is 2.22 bits per heavy atom. The minimum absolute atomic E-state index is 0.845. The molecule has 0 aromatic heterocycles. The Kier molecular flexibility index (Phi) is 1.61. The third kappa shape index (κ3) is 1.35. The van der Waals surface area contributed by atoms with E-state index in [2.05, 4.69) is 13.8 Å². The summed E-state index contributed by atoms with van der Waals surface area (Å²) in [4.78, 5) is 0. The Balaban J connectivity index is 3.17. The summed E-state index contributed by atoms with van der Waals surface area (Å²) in [6, 6.07) is 5.93. The lowest BCUT2D eigenvalue weighted by Crippen LogP contribution is -2.01. The lowest BCUT2D eigenvalue weighted by molar-refractivity contribution is 1.35. The van der Waals surface area contributed by atoms with Crippen LogP contribution in [-0.4, -0.2) is 7.85 Å². The van der Waals surface area contributed by atoms with Crippen LogP contribution in [0.15, 0.2) is 18.2 Å². The van der Waals surface area contributed by atoms with Gasteiger partial charge in [0.05, 0.1) is 0 Å². The molecule has 0 spiro atoms. The van der Waals surface area contributed by atoms with E-state index in [1.165, 1.54) is 11.1 Å². The predicted octanol–water partition coefficient (Wildman–Crippen LogP) is 1.10. The first-order valence-corrected chi connectivity index (χ1v) is 3.03. The maximum atomic E-state index is 5.53. The van der Waals surface area contributed by atoms with E-state index in [4.69, 9.17) is 7.85 Å². The molecule has 1 aromatic rings. The number of rotatable bonds is 0. The van der Waals surface area contributed by atoms with Crippen molar-refractivity contribution in [3.63, 3.8) is 0 Å². The third-order valence-corrected chi connectivity index (χ3v) is 1.53. The van der Waals surface area contributed by atoms with E-state index in [1.54, 1.807) is 0 Å². The molecule has 1 heteroatoms. The van der Waals surface area contributed by atoms with Crippen molar-refractivity contribution in [3.05, 3.63) is 29.3 Å². The van der Waals surface area contributed by atoms with E-state index in [0.717, 1.165) is 5.46 Å². The smallest absolute Gasteiger partial charge is 0.0964 e. The predicted molar refractivity (Wildman–Crippen MR) is 41.3 cm³/mol. The second-order valence-electron chi connectivity index (χ2n) is 2.34. The van der Waals surface area contributed by atoms with Crippen molar-refractivity contribution in [2.75, 3.05) is 0 Å². The van der Waals surface area contributed by atoms with Gasteiger partial charge in [0.15, 0.2) is 0 Å². The molecule has 0 saturated heterocycles. The van der Waals surface area contributed by atoms with Crippen molar-refractivity contribution >= 4 is 13.3 Å². The summed E-state index contributed by atoms with van der Waals surface area (Å²) in [5, 5.41) is 0. The minimum atomic E-state index is 0.845. The van der Waals surface area contributed by atoms with Gasteiger partial charge in [-0.2, -0.15) is 0 Å². The van der Waals surface area contributed by atoms with E-state index in [1.807, 2.05) is 18.2 Å². The van der Waals surface area contributed by atoms with Crippen LogP contribution in [-0.2, 0) is 0 Å². The normalized spacial score (nSPS) is 9.56. The van der Waals surface area contributed by atoms with Gasteiger partial charge < -0.3 is 0 Å². The van der Waals surface area contributed by atoms with Crippen LogP contribution >= 0.6 is 0 Å². The van der Waals surface area contributed by atoms with E-state index < -0.39 is 0 Å². The molecule has 0 aliphatic rings. The number of hydrogen-bond donors (Lipinski definition) is 0. The standard InChI is InChI=1S/C8H9B/c1-6-3-4-8(9)5-7(6)2/h3-5H,1-2H3. The molecule has 9 heavy (non-hydrogen) atoms. The topological polar surface area (TPSA) is 0 Å². The fourth-order valence-corrected chi connectivity index (χ4v) is 0.765. The molecule has 0 atom stereocenters. The van der Waals surface area contributed by atoms with Gasteiger partial charge in [-0.15, -0.1) is 0 Å². The van der Waals surface area contributed by atoms with Crippen LogP contribution in [0.2, 0.25) is 0 Å². The Hall–Kier alpha value is -0.715. The Labute approximate surface area is 57.3 Å². The van der Waals surface area contributed by atoms with Crippen LogP contribution in [0.5, 0.6) is 0 Å². The molecular formula is C8H9B. The Morgan fingerprint density at radius 1 is 1.11 bits per heavy atom. The van der Waals surface area contributed by atoms with Gasteiger partial charge in [-0.3, -0.25) is 0 Å². The zero-order valence-corrected chi connectivity index (χ0v) is 5.81. The number of benzene rings is 1. The SMILES string of the molecule is [B]c1ccc(C)c(C)c1. The average molecular weight is 116 g/mol.